The minimum atomic E-state index is -0.142. The number of carbonyl (C=O) groups excluding carboxylic acids is 1. The number of amides is 1. The summed E-state index contributed by atoms with van der Waals surface area (Å²) in [4.78, 5) is 14.1. The molecule has 2 rings (SSSR count). The normalized spacial score (nSPS) is 24.1. The topological polar surface area (TPSA) is 70.4 Å². The van der Waals surface area contributed by atoms with Crippen LogP contribution < -0.4 is 5.32 Å². The molecule has 0 spiro atoms. The van der Waals surface area contributed by atoms with Crippen LogP contribution in [0.3, 0.4) is 0 Å². The first-order valence-corrected chi connectivity index (χ1v) is 6.68. The first kappa shape index (κ1) is 14.0. The Morgan fingerprint density at radius 2 is 2.37 bits per heavy atom. The van der Waals surface area contributed by atoms with Gasteiger partial charge >= 0.3 is 0 Å². The lowest BCUT2D eigenvalue weighted by atomic mass is 10.2. The van der Waals surface area contributed by atoms with Crippen molar-refractivity contribution in [1.82, 2.24) is 20.0 Å². The van der Waals surface area contributed by atoms with Crippen LogP contribution in [0.2, 0.25) is 0 Å². The zero-order valence-electron chi connectivity index (χ0n) is 11.7. The van der Waals surface area contributed by atoms with E-state index >= 15 is 0 Å². The van der Waals surface area contributed by atoms with Crippen LogP contribution in [0.4, 0.5) is 0 Å². The lowest BCUT2D eigenvalue weighted by Gasteiger charge is -2.15. The minimum Gasteiger partial charge on any atom is -0.395 e. The number of aliphatic hydroxyl groups excluding tert-OH is 1. The first-order valence-electron chi connectivity index (χ1n) is 6.68. The van der Waals surface area contributed by atoms with E-state index in [9.17, 15) is 9.90 Å². The van der Waals surface area contributed by atoms with Crippen molar-refractivity contribution < 1.29 is 9.90 Å². The van der Waals surface area contributed by atoms with Gasteiger partial charge in [0.25, 0.3) is 5.91 Å². The van der Waals surface area contributed by atoms with Crippen LogP contribution in [-0.2, 0) is 0 Å². The third-order valence-corrected chi connectivity index (χ3v) is 3.60. The van der Waals surface area contributed by atoms with Crippen molar-refractivity contribution in [3.63, 3.8) is 0 Å². The van der Waals surface area contributed by atoms with Crippen molar-refractivity contribution >= 4 is 5.91 Å². The molecule has 0 aromatic carbocycles. The molecule has 1 fully saturated rings. The molecule has 106 valence electrons. The summed E-state index contributed by atoms with van der Waals surface area (Å²) in [5.74, 6) is -0.142. The van der Waals surface area contributed by atoms with E-state index in [0.29, 0.717) is 5.69 Å². The molecule has 0 aliphatic carbocycles. The molecule has 6 nitrogen and oxygen atoms in total. The maximum Gasteiger partial charge on any atom is 0.272 e. The maximum atomic E-state index is 12.1. The van der Waals surface area contributed by atoms with Gasteiger partial charge in [-0.3, -0.25) is 14.4 Å². The Hall–Kier alpha value is -1.40. The van der Waals surface area contributed by atoms with Crippen molar-refractivity contribution in [3.8, 4) is 0 Å². The number of nitrogens with one attached hydrogen (secondary N) is 1. The van der Waals surface area contributed by atoms with Gasteiger partial charge in [0.1, 0.15) is 5.69 Å². The summed E-state index contributed by atoms with van der Waals surface area (Å²) in [5.41, 5.74) is 0.448. The molecule has 0 radical (unpaired) electrons. The van der Waals surface area contributed by atoms with Gasteiger partial charge in [-0.1, -0.05) is 0 Å². The van der Waals surface area contributed by atoms with E-state index in [1.54, 1.807) is 10.7 Å². The highest BCUT2D eigenvalue weighted by atomic mass is 16.3. The Bertz CT molecular complexity index is 444. The fourth-order valence-electron chi connectivity index (χ4n) is 2.40. The number of nitrogens with zero attached hydrogens (tertiary/aromatic N) is 3. The summed E-state index contributed by atoms with van der Waals surface area (Å²) < 4.78 is 1.77. The van der Waals surface area contributed by atoms with E-state index in [4.69, 9.17) is 0 Å². The van der Waals surface area contributed by atoms with Crippen molar-refractivity contribution in [2.24, 2.45) is 0 Å². The van der Waals surface area contributed by atoms with Gasteiger partial charge in [-0.05, 0) is 33.4 Å². The monoisotopic (exact) mass is 266 g/mol. The third-order valence-electron chi connectivity index (χ3n) is 3.60. The zero-order chi connectivity index (χ0) is 14.0. The van der Waals surface area contributed by atoms with E-state index < -0.39 is 0 Å². The summed E-state index contributed by atoms with van der Waals surface area (Å²) >= 11 is 0. The number of hydrogen-bond acceptors (Lipinski definition) is 4. The molecule has 1 aromatic heterocycles. The lowest BCUT2D eigenvalue weighted by Crippen LogP contribution is -2.36. The van der Waals surface area contributed by atoms with Crippen LogP contribution in [0.5, 0.6) is 0 Å². The van der Waals surface area contributed by atoms with Crippen molar-refractivity contribution in [1.29, 1.82) is 0 Å². The molecule has 19 heavy (non-hydrogen) atoms. The smallest absolute Gasteiger partial charge is 0.272 e. The van der Waals surface area contributed by atoms with Crippen LogP contribution in [-0.4, -0.2) is 58.0 Å². The third kappa shape index (κ3) is 3.13. The lowest BCUT2D eigenvalue weighted by molar-refractivity contribution is 0.0932. The fraction of sp³-hybridized carbons (Fsp3) is 0.692. The molecule has 1 aliphatic rings. The van der Waals surface area contributed by atoms with E-state index in [2.05, 4.69) is 15.3 Å². The molecular weight excluding hydrogens is 244 g/mol. The van der Waals surface area contributed by atoms with Crippen molar-refractivity contribution in [3.05, 3.63) is 18.0 Å². The highest BCUT2D eigenvalue weighted by Gasteiger charge is 2.30. The molecular formula is C13H22N4O2. The minimum absolute atomic E-state index is 0.0823. The average molecular weight is 266 g/mol. The molecule has 2 atom stereocenters. The standard InChI is InChI=1S/C13H22N4O2/c1-9(2)17-5-4-12(15-17)13(19)14-10-6-11(8-18)16(3)7-10/h4-5,9-11,18H,6-8H2,1-3H3,(H,14,19)/t10-,11+/m1/s1. The number of hydrogen-bond donors (Lipinski definition) is 2. The largest absolute Gasteiger partial charge is 0.395 e. The molecule has 2 heterocycles. The quantitative estimate of drug-likeness (QED) is 0.820. The van der Waals surface area contributed by atoms with Crippen LogP contribution in [0.1, 0.15) is 36.8 Å². The summed E-state index contributed by atoms with van der Waals surface area (Å²) in [6.45, 7) is 4.94. The second-order valence-corrected chi connectivity index (χ2v) is 5.46. The van der Waals surface area contributed by atoms with Gasteiger partial charge < -0.3 is 10.4 Å². The van der Waals surface area contributed by atoms with Gasteiger partial charge in [-0.15, -0.1) is 0 Å². The Kier molecular flexibility index (Phi) is 4.21. The number of aliphatic hydroxyl groups is 1. The Labute approximate surface area is 113 Å². The van der Waals surface area contributed by atoms with Crippen molar-refractivity contribution in [2.75, 3.05) is 20.2 Å². The molecule has 1 aromatic rings. The van der Waals surface area contributed by atoms with Crippen molar-refractivity contribution in [2.45, 2.75) is 38.4 Å². The number of aromatic nitrogens is 2. The van der Waals surface area contributed by atoms with Gasteiger partial charge in [0.05, 0.1) is 6.61 Å². The van der Waals surface area contributed by atoms with Gasteiger partial charge in [-0.2, -0.15) is 5.10 Å². The Morgan fingerprint density at radius 3 is 2.89 bits per heavy atom. The molecule has 0 saturated carbocycles. The Morgan fingerprint density at radius 1 is 1.63 bits per heavy atom. The van der Waals surface area contributed by atoms with E-state index in [-0.39, 0.29) is 30.6 Å². The molecule has 1 aliphatic heterocycles. The summed E-state index contributed by atoms with van der Waals surface area (Å²) in [6.07, 6.45) is 2.60. The number of likely N-dealkylation sites (tertiary alicyclic amines) is 1. The predicted octanol–water partition coefficient (Wildman–Crippen LogP) is 0.259. The van der Waals surface area contributed by atoms with Gasteiger partial charge in [0.15, 0.2) is 0 Å². The number of rotatable bonds is 4. The molecule has 2 N–H and O–H groups in total. The predicted molar refractivity (Wildman–Crippen MR) is 72.0 cm³/mol. The summed E-state index contributed by atoms with van der Waals surface area (Å²) in [7, 11) is 1.96. The second kappa shape index (κ2) is 5.71. The van der Waals surface area contributed by atoms with Crippen LogP contribution in [0.25, 0.3) is 0 Å². The summed E-state index contributed by atoms with van der Waals surface area (Å²) in [5, 5.41) is 16.4. The van der Waals surface area contributed by atoms with E-state index in [1.807, 2.05) is 27.1 Å². The van der Waals surface area contributed by atoms with Crippen LogP contribution in [0.15, 0.2) is 12.3 Å². The molecule has 0 unspecified atom stereocenters. The highest BCUT2D eigenvalue weighted by Crippen LogP contribution is 2.15. The zero-order valence-corrected chi connectivity index (χ0v) is 11.7. The SMILES string of the molecule is CC(C)n1ccc(C(=O)N[C@@H]2C[C@@H](CO)N(C)C2)n1. The van der Waals surface area contributed by atoms with E-state index in [1.165, 1.54) is 0 Å². The summed E-state index contributed by atoms with van der Waals surface area (Å²) in [6, 6.07) is 2.20. The average Bonchev–Trinajstić information content (AvgIpc) is 2.95. The van der Waals surface area contributed by atoms with Gasteiger partial charge in [0, 0.05) is 30.9 Å². The maximum absolute atomic E-state index is 12.1. The first-order chi connectivity index (χ1) is 9.01. The molecule has 1 amide bonds. The molecule has 0 bridgehead atoms. The van der Waals surface area contributed by atoms with Crippen LogP contribution in [0, 0.1) is 0 Å². The van der Waals surface area contributed by atoms with E-state index in [0.717, 1.165) is 13.0 Å². The molecule has 6 heteroatoms. The second-order valence-electron chi connectivity index (χ2n) is 5.46. The highest BCUT2D eigenvalue weighted by molar-refractivity contribution is 5.92. The van der Waals surface area contributed by atoms with Gasteiger partial charge in [0.2, 0.25) is 0 Å². The Balaban J connectivity index is 1.94. The number of carbonyl (C=O) groups is 1. The fourth-order valence-corrected chi connectivity index (χ4v) is 2.40. The molecule has 1 saturated heterocycles. The number of likely N-dealkylation sites (N-methyl/N-ethyl adjacent to an activating group) is 1. The van der Waals surface area contributed by atoms with Crippen LogP contribution >= 0.6 is 0 Å². The van der Waals surface area contributed by atoms with Gasteiger partial charge in [-0.25, -0.2) is 0 Å².